The lowest BCUT2D eigenvalue weighted by Gasteiger charge is -2.12. The Bertz CT molecular complexity index is 978. The van der Waals surface area contributed by atoms with E-state index in [-0.39, 0.29) is 5.91 Å². The molecule has 7 heteroatoms. The molecule has 0 saturated carbocycles. The minimum atomic E-state index is -0.179. The second-order valence-corrected chi connectivity index (χ2v) is 6.81. The van der Waals surface area contributed by atoms with Crippen LogP contribution >= 0.6 is 27.5 Å². The van der Waals surface area contributed by atoms with E-state index in [4.69, 9.17) is 21.1 Å². The van der Waals surface area contributed by atoms with Crippen LogP contribution in [0.25, 0.3) is 10.8 Å². The summed E-state index contributed by atoms with van der Waals surface area (Å²) in [7, 11) is 3.07. The highest BCUT2D eigenvalue weighted by Crippen LogP contribution is 2.36. The lowest BCUT2D eigenvalue weighted by molar-refractivity contribution is 0.0951. The van der Waals surface area contributed by atoms with Gasteiger partial charge in [-0.25, -0.2) is 0 Å². The predicted octanol–water partition coefficient (Wildman–Crippen LogP) is 4.60. The van der Waals surface area contributed by atoms with Crippen molar-refractivity contribution in [3.63, 3.8) is 0 Å². The van der Waals surface area contributed by atoms with E-state index in [0.29, 0.717) is 28.6 Å². The number of pyridine rings is 1. The van der Waals surface area contributed by atoms with E-state index < -0.39 is 0 Å². The Kier molecular flexibility index (Phi) is 5.64. The second-order valence-electron chi connectivity index (χ2n) is 5.55. The first-order chi connectivity index (χ1) is 12.5. The first-order valence-electron chi connectivity index (χ1n) is 7.75. The predicted molar refractivity (Wildman–Crippen MR) is 105 cm³/mol. The zero-order valence-electron chi connectivity index (χ0n) is 14.2. The quantitative estimate of drug-likeness (QED) is 0.636. The van der Waals surface area contributed by atoms with Crippen molar-refractivity contribution >= 4 is 44.2 Å². The SMILES string of the molecule is COc1cc(CNC(=O)c2ccc3cncc(Br)c3c2)cc(Cl)c1OC. The molecule has 5 nitrogen and oxygen atoms in total. The van der Waals surface area contributed by atoms with Gasteiger partial charge in [0.1, 0.15) is 0 Å². The van der Waals surface area contributed by atoms with E-state index in [1.54, 1.807) is 37.7 Å². The lowest BCUT2D eigenvalue weighted by atomic mass is 10.1. The van der Waals surface area contributed by atoms with Crippen molar-refractivity contribution in [2.45, 2.75) is 6.54 Å². The number of methoxy groups -OCH3 is 2. The maximum Gasteiger partial charge on any atom is 0.251 e. The minimum absolute atomic E-state index is 0.179. The van der Waals surface area contributed by atoms with Crippen LogP contribution in [-0.2, 0) is 6.54 Å². The van der Waals surface area contributed by atoms with E-state index >= 15 is 0 Å². The largest absolute Gasteiger partial charge is 0.493 e. The number of rotatable bonds is 5. The van der Waals surface area contributed by atoms with Gasteiger partial charge in [-0.1, -0.05) is 17.7 Å². The van der Waals surface area contributed by atoms with Gasteiger partial charge < -0.3 is 14.8 Å². The van der Waals surface area contributed by atoms with Gasteiger partial charge in [0, 0.05) is 34.4 Å². The molecule has 0 spiro atoms. The standard InChI is InChI=1S/C19H16BrClN2O3/c1-25-17-6-11(5-16(21)18(17)26-2)8-23-19(24)12-3-4-13-9-22-10-15(20)14(13)7-12/h3-7,9-10H,8H2,1-2H3,(H,23,24). The summed E-state index contributed by atoms with van der Waals surface area (Å²) in [6.45, 7) is 0.314. The Labute approximate surface area is 164 Å². The van der Waals surface area contributed by atoms with Crippen LogP contribution in [0.2, 0.25) is 5.02 Å². The van der Waals surface area contributed by atoms with Gasteiger partial charge in [0.15, 0.2) is 11.5 Å². The Balaban J connectivity index is 1.79. The zero-order valence-corrected chi connectivity index (χ0v) is 16.5. The third-order valence-electron chi connectivity index (χ3n) is 3.92. The number of nitrogens with one attached hydrogen (secondary N) is 1. The number of nitrogens with zero attached hydrogens (tertiary/aromatic N) is 1. The lowest BCUT2D eigenvalue weighted by Crippen LogP contribution is -2.22. The molecule has 0 saturated heterocycles. The van der Waals surface area contributed by atoms with Gasteiger partial charge in [-0.2, -0.15) is 0 Å². The van der Waals surface area contributed by atoms with Crippen LogP contribution in [0, 0.1) is 0 Å². The number of benzene rings is 2. The fraction of sp³-hybridized carbons (Fsp3) is 0.158. The van der Waals surface area contributed by atoms with Crippen molar-refractivity contribution in [1.82, 2.24) is 10.3 Å². The van der Waals surface area contributed by atoms with Gasteiger partial charge in [0.2, 0.25) is 0 Å². The Morgan fingerprint density at radius 3 is 2.73 bits per heavy atom. The minimum Gasteiger partial charge on any atom is -0.493 e. The molecular formula is C19H16BrClN2O3. The second kappa shape index (κ2) is 7.93. The Morgan fingerprint density at radius 2 is 2.00 bits per heavy atom. The average Bonchev–Trinajstić information content (AvgIpc) is 2.65. The van der Waals surface area contributed by atoms with Gasteiger partial charge in [-0.3, -0.25) is 9.78 Å². The highest BCUT2D eigenvalue weighted by molar-refractivity contribution is 9.10. The molecule has 3 aromatic rings. The molecule has 0 atom stereocenters. The number of hydrogen-bond donors (Lipinski definition) is 1. The van der Waals surface area contributed by atoms with Crippen molar-refractivity contribution in [1.29, 1.82) is 0 Å². The summed E-state index contributed by atoms with van der Waals surface area (Å²) in [6, 6.07) is 9.00. The fourth-order valence-corrected chi connectivity index (χ4v) is 3.40. The Morgan fingerprint density at radius 1 is 1.19 bits per heavy atom. The van der Waals surface area contributed by atoms with Crippen molar-refractivity contribution in [2.75, 3.05) is 14.2 Å². The molecule has 0 bridgehead atoms. The molecule has 2 aromatic carbocycles. The van der Waals surface area contributed by atoms with Gasteiger partial charge in [-0.15, -0.1) is 0 Å². The first kappa shape index (κ1) is 18.5. The molecule has 1 aromatic heterocycles. The summed E-state index contributed by atoms with van der Waals surface area (Å²) in [5.74, 6) is 0.810. The summed E-state index contributed by atoms with van der Waals surface area (Å²) in [6.07, 6.45) is 3.46. The van der Waals surface area contributed by atoms with E-state index in [9.17, 15) is 4.79 Å². The fourth-order valence-electron chi connectivity index (χ4n) is 2.63. The third-order valence-corrected chi connectivity index (χ3v) is 4.83. The van der Waals surface area contributed by atoms with Crippen molar-refractivity contribution in [3.8, 4) is 11.5 Å². The number of ether oxygens (including phenoxy) is 2. The maximum atomic E-state index is 12.5. The number of carbonyl (C=O) groups is 1. The van der Waals surface area contributed by atoms with Crippen molar-refractivity contribution in [2.24, 2.45) is 0 Å². The van der Waals surface area contributed by atoms with Crippen molar-refractivity contribution < 1.29 is 14.3 Å². The van der Waals surface area contributed by atoms with Crippen LogP contribution in [0.15, 0.2) is 47.2 Å². The summed E-state index contributed by atoms with van der Waals surface area (Å²) in [5.41, 5.74) is 1.38. The molecular weight excluding hydrogens is 420 g/mol. The average molecular weight is 436 g/mol. The topological polar surface area (TPSA) is 60.5 Å². The molecule has 1 heterocycles. The molecule has 0 radical (unpaired) electrons. The van der Waals surface area contributed by atoms with Crippen LogP contribution < -0.4 is 14.8 Å². The normalized spacial score (nSPS) is 10.6. The number of carbonyl (C=O) groups excluding carboxylic acids is 1. The number of halogens is 2. The highest BCUT2D eigenvalue weighted by Gasteiger charge is 2.12. The number of hydrogen-bond acceptors (Lipinski definition) is 4. The van der Waals surface area contributed by atoms with Gasteiger partial charge in [0.05, 0.1) is 19.2 Å². The molecule has 0 aliphatic rings. The monoisotopic (exact) mass is 434 g/mol. The first-order valence-corrected chi connectivity index (χ1v) is 8.92. The van der Waals surface area contributed by atoms with Crippen LogP contribution in [0.4, 0.5) is 0 Å². The molecule has 26 heavy (non-hydrogen) atoms. The molecule has 1 N–H and O–H groups in total. The number of aromatic nitrogens is 1. The summed E-state index contributed by atoms with van der Waals surface area (Å²) in [5, 5.41) is 5.21. The number of fused-ring (bicyclic) bond motifs is 1. The summed E-state index contributed by atoms with van der Waals surface area (Å²) < 4.78 is 11.3. The molecule has 0 aliphatic carbocycles. The van der Waals surface area contributed by atoms with Crippen LogP contribution in [0.1, 0.15) is 15.9 Å². The van der Waals surface area contributed by atoms with Crippen LogP contribution in [0.3, 0.4) is 0 Å². The molecule has 134 valence electrons. The zero-order chi connectivity index (χ0) is 18.7. The van der Waals surface area contributed by atoms with E-state index in [1.165, 1.54) is 7.11 Å². The Hall–Kier alpha value is -2.31. The van der Waals surface area contributed by atoms with Crippen LogP contribution in [0.5, 0.6) is 11.5 Å². The summed E-state index contributed by atoms with van der Waals surface area (Å²) in [4.78, 5) is 16.6. The van der Waals surface area contributed by atoms with Gasteiger partial charge in [-0.05, 0) is 51.1 Å². The molecule has 1 amide bonds. The molecule has 0 fully saturated rings. The van der Waals surface area contributed by atoms with Crippen LogP contribution in [-0.4, -0.2) is 25.1 Å². The molecule has 3 rings (SSSR count). The number of amides is 1. The molecule has 0 aliphatic heterocycles. The molecule has 0 unspecified atom stereocenters. The van der Waals surface area contributed by atoms with E-state index in [0.717, 1.165) is 20.8 Å². The van der Waals surface area contributed by atoms with Gasteiger partial charge in [0.25, 0.3) is 5.91 Å². The van der Waals surface area contributed by atoms with E-state index in [2.05, 4.69) is 26.2 Å². The maximum absolute atomic E-state index is 12.5. The third kappa shape index (κ3) is 3.76. The van der Waals surface area contributed by atoms with E-state index in [1.807, 2.05) is 12.1 Å². The smallest absolute Gasteiger partial charge is 0.251 e. The van der Waals surface area contributed by atoms with Crippen molar-refractivity contribution in [3.05, 3.63) is 63.3 Å². The van der Waals surface area contributed by atoms with Gasteiger partial charge >= 0.3 is 0 Å². The summed E-state index contributed by atoms with van der Waals surface area (Å²) >= 11 is 9.66. The highest BCUT2D eigenvalue weighted by atomic mass is 79.9.